The molecule has 276 valence electrons. The third-order valence-corrected chi connectivity index (χ3v) is 9.15. The van der Waals surface area contributed by atoms with Crippen LogP contribution in [0.5, 0.6) is 0 Å². The maximum Gasteiger partial charge on any atom is 0.416 e. The van der Waals surface area contributed by atoms with Gasteiger partial charge in [-0.25, -0.2) is 0 Å². The second-order valence-corrected chi connectivity index (χ2v) is 13.3. The van der Waals surface area contributed by atoms with Gasteiger partial charge in [0.15, 0.2) is 0 Å². The van der Waals surface area contributed by atoms with E-state index in [0.29, 0.717) is 23.0 Å². The summed E-state index contributed by atoms with van der Waals surface area (Å²) in [5.74, 6) is 0.983. The molecule has 6 aromatic rings. The molecule has 6 heteroatoms. The van der Waals surface area contributed by atoms with Crippen LogP contribution in [-0.2, 0) is 12.4 Å². The summed E-state index contributed by atoms with van der Waals surface area (Å²) in [6.07, 6.45) is 1.24. The van der Waals surface area contributed by atoms with Crippen LogP contribution in [0.15, 0.2) is 152 Å². The summed E-state index contributed by atoms with van der Waals surface area (Å²) in [7, 11) is 0. The third-order valence-electron chi connectivity index (χ3n) is 9.15. The molecular weight excluding hydrogens is 679 g/mol. The molecule has 6 rings (SSSR count). The molecule has 0 N–H and O–H groups in total. The molecule has 0 spiro atoms. The number of fused-ring (bicyclic) bond motifs is 2. The van der Waals surface area contributed by atoms with Gasteiger partial charge in [0.2, 0.25) is 0 Å². The zero-order valence-electron chi connectivity index (χ0n) is 30.4. The molecule has 0 aliphatic heterocycles. The second-order valence-electron chi connectivity index (χ2n) is 13.3. The van der Waals surface area contributed by atoms with Crippen LogP contribution >= 0.6 is 0 Å². The van der Waals surface area contributed by atoms with Gasteiger partial charge < -0.3 is 0 Å². The van der Waals surface area contributed by atoms with E-state index in [2.05, 4.69) is 93.2 Å². The lowest BCUT2D eigenvalue weighted by molar-refractivity contribution is -0.138. The lowest BCUT2D eigenvalue weighted by Gasteiger charge is -2.13. The molecule has 0 saturated carbocycles. The minimum absolute atomic E-state index is 0.382. The van der Waals surface area contributed by atoms with E-state index in [1.165, 1.54) is 57.3 Å². The van der Waals surface area contributed by atoms with Crippen LogP contribution in [0.4, 0.5) is 26.3 Å². The molecule has 0 fully saturated rings. The molecule has 6 aromatic carbocycles. The van der Waals surface area contributed by atoms with Crippen molar-refractivity contribution in [3.8, 4) is 0 Å². The van der Waals surface area contributed by atoms with Crippen LogP contribution in [-0.4, -0.2) is 0 Å². The van der Waals surface area contributed by atoms with Crippen molar-refractivity contribution in [2.45, 2.75) is 70.6 Å². The van der Waals surface area contributed by atoms with E-state index in [-0.39, 0.29) is 0 Å². The molecule has 0 aliphatic carbocycles. The Morgan fingerprint density at radius 1 is 0.547 bits per heavy atom. The molecule has 0 bridgehead atoms. The molecule has 53 heavy (non-hydrogen) atoms. The van der Waals surface area contributed by atoms with E-state index in [0.717, 1.165) is 37.5 Å². The van der Waals surface area contributed by atoms with Gasteiger partial charge in [-0.05, 0) is 101 Å². The average Bonchev–Trinajstić information content (AvgIpc) is 3.15. The number of aryl methyl sites for hydroxylation is 1. The summed E-state index contributed by atoms with van der Waals surface area (Å²) < 4.78 is 74.2. The topological polar surface area (TPSA) is 0 Å². The quantitative estimate of drug-likeness (QED) is 0.103. The number of halogens is 6. The van der Waals surface area contributed by atoms with Crippen molar-refractivity contribution >= 4 is 27.6 Å². The largest absolute Gasteiger partial charge is 0.416 e. The van der Waals surface area contributed by atoms with E-state index in [1.54, 1.807) is 25.1 Å². The maximum atomic E-state index is 12.8. The molecule has 0 aromatic heterocycles. The number of hydrogen-bond acceptors (Lipinski definition) is 0. The van der Waals surface area contributed by atoms with Crippen molar-refractivity contribution in [2.75, 3.05) is 0 Å². The molecule has 0 nitrogen and oxygen atoms in total. The molecule has 0 heterocycles. The van der Waals surface area contributed by atoms with E-state index in [9.17, 15) is 26.3 Å². The van der Waals surface area contributed by atoms with Crippen molar-refractivity contribution in [3.63, 3.8) is 0 Å². The lowest BCUT2D eigenvalue weighted by Crippen LogP contribution is -2.04. The van der Waals surface area contributed by atoms with Crippen LogP contribution in [0.3, 0.4) is 0 Å². The molecule has 2 unspecified atom stereocenters. The highest BCUT2D eigenvalue weighted by atomic mass is 19.4. The van der Waals surface area contributed by atoms with Gasteiger partial charge in [0.25, 0.3) is 0 Å². The highest BCUT2D eigenvalue weighted by Gasteiger charge is 2.30. The van der Waals surface area contributed by atoms with Gasteiger partial charge in [-0.3, -0.25) is 0 Å². The SMILES string of the molecule is C=CCCC(C)c1cccc2ccccc12.CC(CC/C=C/c1cccc(C(F)(F)F)c1)c1cccc2ccccc12.Cc1cccc(C(F)(F)F)c1. The fourth-order valence-corrected chi connectivity index (χ4v) is 6.24. The van der Waals surface area contributed by atoms with Crippen LogP contribution in [0.2, 0.25) is 0 Å². The van der Waals surface area contributed by atoms with Crippen molar-refractivity contribution < 1.29 is 26.3 Å². The van der Waals surface area contributed by atoms with Crippen LogP contribution in [0.1, 0.15) is 84.7 Å². The van der Waals surface area contributed by atoms with Gasteiger partial charge in [0.1, 0.15) is 0 Å². The summed E-state index contributed by atoms with van der Waals surface area (Å²) in [6, 6.07) is 40.5. The Bertz CT molecular complexity index is 2080. The number of benzene rings is 6. The zero-order valence-corrected chi connectivity index (χ0v) is 30.4. The van der Waals surface area contributed by atoms with Gasteiger partial charge in [-0.1, -0.05) is 153 Å². The van der Waals surface area contributed by atoms with Gasteiger partial charge in [-0.15, -0.1) is 6.58 Å². The molecule has 0 aliphatic rings. The summed E-state index contributed by atoms with van der Waals surface area (Å²) in [4.78, 5) is 0. The monoisotopic (exact) mass is 724 g/mol. The Balaban J connectivity index is 0.000000197. The molecular formula is C47H46F6. The highest BCUT2D eigenvalue weighted by molar-refractivity contribution is 5.86. The first-order valence-corrected chi connectivity index (χ1v) is 17.8. The summed E-state index contributed by atoms with van der Waals surface area (Å²) in [5.41, 5.74) is 2.79. The van der Waals surface area contributed by atoms with E-state index in [4.69, 9.17) is 0 Å². The number of allylic oxidation sites excluding steroid dienone is 2. The first-order chi connectivity index (χ1) is 25.3. The third kappa shape index (κ3) is 12.2. The van der Waals surface area contributed by atoms with Gasteiger partial charge in [0.05, 0.1) is 11.1 Å². The Hall–Kier alpha value is -5.10. The van der Waals surface area contributed by atoms with E-state index in [1.807, 2.05) is 24.3 Å². The lowest BCUT2D eigenvalue weighted by atomic mass is 9.91. The van der Waals surface area contributed by atoms with Crippen LogP contribution < -0.4 is 0 Å². The van der Waals surface area contributed by atoms with Crippen LogP contribution in [0.25, 0.3) is 27.6 Å². The first-order valence-electron chi connectivity index (χ1n) is 17.8. The van der Waals surface area contributed by atoms with Crippen LogP contribution in [0, 0.1) is 6.92 Å². The second kappa shape index (κ2) is 19.1. The van der Waals surface area contributed by atoms with E-state index >= 15 is 0 Å². The Kier molecular flexibility index (Phi) is 14.7. The Labute approximate surface area is 309 Å². The standard InChI is InChI=1S/C23H21F3.C16H18.C8H7F3/c1-17(21-15-7-12-19-11-4-5-14-22(19)21)8-2-3-9-18-10-6-13-20(16-18)23(24,25)26;1-3-4-8-13(2)15-12-7-10-14-9-5-6-11-16(14)15;1-6-3-2-4-7(5-6)8(9,10)11/h3-7,9-17H,2,8H2,1H3;3,5-7,9-13H,1,4,8H2,2H3;2-5H,1H3/b9-3+;;. The fraction of sp³-hybridized carbons (Fsp3) is 0.234. The number of hydrogen-bond donors (Lipinski definition) is 0. The molecule has 0 saturated heterocycles. The smallest absolute Gasteiger partial charge is 0.166 e. The predicted molar refractivity (Wildman–Crippen MR) is 210 cm³/mol. The first kappa shape index (κ1) is 40.7. The summed E-state index contributed by atoms with van der Waals surface area (Å²) >= 11 is 0. The fourth-order valence-electron chi connectivity index (χ4n) is 6.24. The Morgan fingerprint density at radius 3 is 1.49 bits per heavy atom. The zero-order chi connectivity index (χ0) is 38.4. The molecule has 0 amide bonds. The average molecular weight is 725 g/mol. The van der Waals surface area contributed by atoms with E-state index < -0.39 is 23.5 Å². The van der Waals surface area contributed by atoms with Crippen molar-refractivity contribution in [1.82, 2.24) is 0 Å². The summed E-state index contributed by atoms with van der Waals surface area (Å²) in [6.45, 7) is 9.91. The minimum Gasteiger partial charge on any atom is -0.166 e. The molecule has 2 atom stereocenters. The van der Waals surface area contributed by atoms with Crippen molar-refractivity contribution in [3.05, 3.63) is 186 Å². The summed E-state index contributed by atoms with van der Waals surface area (Å²) in [5, 5.41) is 5.23. The normalized spacial score (nSPS) is 12.8. The highest BCUT2D eigenvalue weighted by Crippen LogP contribution is 2.32. The van der Waals surface area contributed by atoms with Gasteiger partial charge in [0, 0.05) is 0 Å². The van der Waals surface area contributed by atoms with Crippen molar-refractivity contribution in [1.29, 1.82) is 0 Å². The van der Waals surface area contributed by atoms with Gasteiger partial charge >= 0.3 is 12.4 Å². The molecule has 0 radical (unpaired) electrons. The minimum atomic E-state index is -4.30. The Morgan fingerprint density at radius 2 is 1.00 bits per heavy atom. The number of rotatable bonds is 9. The van der Waals surface area contributed by atoms with Gasteiger partial charge in [-0.2, -0.15) is 26.3 Å². The number of alkyl halides is 6. The predicted octanol–water partition coefficient (Wildman–Crippen LogP) is 15.4. The maximum absolute atomic E-state index is 12.8. The van der Waals surface area contributed by atoms with Crippen molar-refractivity contribution in [2.24, 2.45) is 0 Å².